The third-order valence-corrected chi connectivity index (χ3v) is 9.25. The largest absolute Gasteiger partial charge is 0.375 e. The maximum Gasteiger partial charge on any atom is 0.245 e. The summed E-state index contributed by atoms with van der Waals surface area (Å²) in [4.78, 5) is 36.4. The number of carbonyl (C=O) groups is 1. The van der Waals surface area contributed by atoms with Gasteiger partial charge in [-0.3, -0.25) is 4.79 Å². The second-order valence-electron chi connectivity index (χ2n) is 12.5. The van der Waals surface area contributed by atoms with E-state index in [1.54, 1.807) is 36.5 Å². The molecule has 13 nitrogen and oxygen atoms in total. The van der Waals surface area contributed by atoms with Crippen LogP contribution in [0.5, 0.6) is 0 Å². The monoisotopic (exact) mass is 683 g/mol. The van der Waals surface area contributed by atoms with Crippen molar-refractivity contribution in [1.82, 2.24) is 44.4 Å². The normalized spacial score (nSPS) is 19.6. The summed E-state index contributed by atoms with van der Waals surface area (Å²) >= 11 is 0. The molecule has 0 spiro atoms. The van der Waals surface area contributed by atoms with Crippen molar-refractivity contribution < 1.29 is 22.7 Å². The predicted molar refractivity (Wildman–Crippen MR) is 178 cm³/mol. The molecule has 1 saturated heterocycles. The quantitative estimate of drug-likeness (QED) is 0.287. The summed E-state index contributed by atoms with van der Waals surface area (Å²) in [5.41, 5.74) is 3.06. The maximum atomic E-state index is 15.0. The van der Waals surface area contributed by atoms with E-state index in [1.807, 2.05) is 23.3 Å². The lowest BCUT2D eigenvalue weighted by Crippen LogP contribution is -2.47. The Kier molecular flexibility index (Phi) is 7.81. The predicted octanol–water partition coefficient (Wildman–Crippen LogP) is 4.28. The van der Waals surface area contributed by atoms with Gasteiger partial charge in [0.25, 0.3) is 0 Å². The number of ether oxygens (including phenoxy) is 1. The fraction of sp³-hybridized carbons (Fsp3) is 0.324. The number of fused-ring (bicyclic) bond motifs is 6. The Balaban J connectivity index is 1.23. The molecule has 6 heterocycles. The highest BCUT2D eigenvalue weighted by molar-refractivity contribution is 5.93. The lowest BCUT2D eigenvalue weighted by Gasteiger charge is -2.31. The van der Waals surface area contributed by atoms with Gasteiger partial charge in [-0.15, -0.1) is 5.10 Å². The molecule has 3 atom stereocenters. The minimum Gasteiger partial charge on any atom is -0.375 e. The molecule has 2 aromatic carbocycles. The van der Waals surface area contributed by atoms with Crippen LogP contribution in [0, 0.1) is 24.4 Å². The summed E-state index contributed by atoms with van der Waals surface area (Å²) in [6, 6.07) is 8.42. The Labute approximate surface area is 283 Å². The van der Waals surface area contributed by atoms with Gasteiger partial charge in [-0.05, 0) is 50.6 Å². The lowest BCUT2D eigenvalue weighted by molar-refractivity contribution is -0.133. The first-order chi connectivity index (χ1) is 24.2. The first kappa shape index (κ1) is 31.6. The highest BCUT2D eigenvalue weighted by Crippen LogP contribution is 2.34. The zero-order chi connectivity index (χ0) is 34.7. The highest BCUT2D eigenvalue weighted by atomic mass is 19.1. The molecule has 0 aliphatic carbocycles. The van der Waals surface area contributed by atoms with Gasteiger partial charge in [0.05, 0.1) is 29.4 Å². The van der Waals surface area contributed by atoms with Crippen LogP contribution in [-0.4, -0.2) is 95.2 Å². The first-order valence-electron chi connectivity index (χ1n) is 16.2. The van der Waals surface area contributed by atoms with Crippen molar-refractivity contribution >= 4 is 39.7 Å². The molecule has 0 radical (unpaired) electrons. The summed E-state index contributed by atoms with van der Waals surface area (Å²) in [7, 11) is 1.73. The number of nitrogens with zero attached hydrogens (tertiary/aromatic N) is 10. The van der Waals surface area contributed by atoms with Crippen LogP contribution in [0.15, 0.2) is 54.9 Å². The summed E-state index contributed by atoms with van der Waals surface area (Å²) < 4.78 is 52.9. The molecular formula is C34H32F3N11O2. The number of benzene rings is 2. The number of rotatable bonds is 4. The van der Waals surface area contributed by atoms with Crippen LogP contribution in [0.3, 0.4) is 0 Å². The number of amides is 1. The zero-order valence-electron chi connectivity index (χ0n) is 27.4. The van der Waals surface area contributed by atoms with Gasteiger partial charge >= 0.3 is 0 Å². The summed E-state index contributed by atoms with van der Waals surface area (Å²) in [6.07, 6.45) is 3.08. The Hall–Kier alpha value is -5.64. The van der Waals surface area contributed by atoms with Crippen LogP contribution < -0.4 is 10.2 Å². The number of anilines is 2. The van der Waals surface area contributed by atoms with E-state index in [-0.39, 0.29) is 24.2 Å². The Bertz CT molecular complexity index is 2270. The van der Waals surface area contributed by atoms with Crippen molar-refractivity contribution in [2.24, 2.45) is 0 Å². The van der Waals surface area contributed by atoms with Crippen LogP contribution >= 0.6 is 0 Å². The third kappa shape index (κ3) is 5.45. The molecule has 2 aliphatic rings. The van der Waals surface area contributed by atoms with Crippen LogP contribution in [0.25, 0.3) is 39.0 Å². The average molecular weight is 684 g/mol. The SMILES string of the molecule is CCO[C@H]1CN(C)C(=O)[C@@H]2C[C@@H](CN2c2nccc3c2nnn3-c2ccc(F)cc2F)Nc2nccc(n2)-c2cc(F)cc3nc(C)n(c23)C1. The molecule has 4 bridgehead atoms. The van der Waals surface area contributed by atoms with Crippen molar-refractivity contribution in [3.05, 3.63) is 78.1 Å². The van der Waals surface area contributed by atoms with E-state index in [1.165, 1.54) is 22.9 Å². The molecule has 1 amide bonds. The number of nitrogens with one attached hydrogen (secondary N) is 1. The fourth-order valence-electron chi connectivity index (χ4n) is 7.07. The molecule has 0 saturated carbocycles. The van der Waals surface area contributed by atoms with E-state index in [0.29, 0.717) is 77.0 Å². The van der Waals surface area contributed by atoms with Crippen molar-refractivity contribution in [3.8, 4) is 16.9 Å². The molecule has 8 rings (SSSR count). The van der Waals surface area contributed by atoms with Gasteiger partial charge in [0, 0.05) is 62.9 Å². The van der Waals surface area contributed by atoms with Gasteiger partial charge in [0.1, 0.15) is 34.7 Å². The topological polar surface area (TPSA) is 132 Å². The van der Waals surface area contributed by atoms with Crippen LogP contribution in [0.1, 0.15) is 19.2 Å². The van der Waals surface area contributed by atoms with Crippen LogP contribution in [-0.2, 0) is 16.1 Å². The summed E-state index contributed by atoms with van der Waals surface area (Å²) in [6.45, 7) is 5.08. The summed E-state index contributed by atoms with van der Waals surface area (Å²) in [5.74, 6) is -0.771. The maximum absolute atomic E-state index is 15.0. The molecule has 1 N–H and O–H groups in total. The minimum absolute atomic E-state index is 0.0201. The van der Waals surface area contributed by atoms with Gasteiger partial charge in [-0.2, -0.15) is 0 Å². The number of imidazole rings is 1. The van der Waals surface area contributed by atoms with Crippen molar-refractivity contribution in [1.29, 1.82) is 0 Å². The second kappa shape index (κ2) is 12.4. The number of carbonyl (C=O) groups excluding carboxylic acids is 1. The molecule has 16 heteroatoms. The Morgan fingerprint density at radius 2 is 1.82 bits per heavy atom. The van der Waals surface area contributed by atoms with Gasteiger partial charge in [-0.25, -0.2) is 37.8 Å². The lowest BCUT2D eigenvalue weighted by atomic mass is 10.1. The molecule has 0 unspecified atom stereocenters. The van der Waals surface area contributed by atoms with Crippen molar-refractivity contribution in [3.63, 3.8) is 0 Å². The number of hydrogen-bond acceptors (Lipinski definition) is 10. The number of hydrogen-bond donors (Lipinski definition) is 1. The average Bonchev–Trinajstić information content (AvgIpc) is 3.79. The van der Waals surface area contributed by atoms with Crippen LogP contribution in [0.4, 0.5) is 24.9 Å². The van der Waals surface area contributed by atoms with E-state index in [4.69, 9.17) is 9.72 Å². The first-order valence-corrected chi connectivity index (χ1v) is 16.2. The number of pyridine rings is 1. The highest BCUT2D eigenvalue weighted by Gasteiger charge is 2.41. The molecule has 1 fully saturated rings. The number of aryl methyl sites for hydroxylation is 1. The van der Waals surface area contributed by atoms with Gasteiger partial charge in [0.2, 0.25) is 11.9 Å². The third-order valence-electron chi connectivity index (χ3n) is 9.25. The number of likely N-dealkylation sites (N-methyl/N-ethyl adjacent to an activating group) is 1. The Morgan fingerprint density at radius 1 is 0.980 bits per heavy atom. The van der Waals surface area contributed by atoms with Crippen molar-refractivity contribution in [2.45, 2.75) is 45.0 Å². The molecular weight excluding hydrogens is 651 g/mol. The van der Waals surface area contributed by atoms with E-state index < -0.39 is 29.6 Å². The minimum atomic E-state index is -0.800. The zero-order valence-corrected chi connectivity index (χ0v) is 27.4. The molecule has 4 aromatic heterocycles. The smallest absolute Gasteiger partial charge is 0.245 e. The van der Waals surface area contributed by atoms with E-state index in [2.05, 4.69) is 30.6 Å². The van der Waals surface area contributed by atoms with E-state index in [9.17, 15) is 18.0 Å². The second-order valence-corrected chi connectivity index (χ2v) is 12.5. The fourth-order valence-corrected chi connectivity index (χ4v) is 7.07. The van der Waals surface area contributed by atoms with Gasteiger partial charge in [0.15, 0.2) is 17.2 Å². The van der Waals surface area contributed by atoms with Gasteiger partial charge < -0.3 is 24.4 Å². The van der Waals surface area contributed by atoms with E-state index >= 15 is 0 Å². The molecule has 256 valence electrons. The van der Waals surface area contributed by atoms with Crippen molar-refractivity contribution in [2.75, 3.05) is 37.0 Å². The number of halogens is 3. The Morgan fingerprint density at radius 3 is 2.64 bits per heavy atom. The molecule has 2 aliphatic heterocycles. The van der Waals surface area contributed by atoms with E-state index in [0.717, 1.165) is 12.1 Å². The standard InChI is InChI=1S/C34H32F3N11O2/c1-4-50-22-16-45(3)33(49)29-14-21(15-47(29)32-30-28(8-10-38-32)48(44-43-30)27-6-5-19(35)12-24(27)37)41-34-39-9-7-25(42-34)23-11-20(36)13-26-31(23)46(17-22)18(2)40-26/h5-13,21-22,29H,4,14-17H2,1-3H3,(H,39,41,42)/t21-,22-,29-/m0/s1. The molecule has 6 aromatic rings. The molecule has 50 heavy (non-hydrogen) atoms. The van der Waals surface area contributed by atoms with Gasteiger partial charge in [-0.1, -0.05) is 5.21 Å². The summed E-state index contributed by atoms with van der Waals surface area (Å²) in [5, 5.41) is 11.9. The van der Waals surface area contributed by atoms with Crippen LogP contribution in [0.2, 0.25) is 0 Å². The number of aromatic nitrogens is 8.